The monoisotopic (exact) mass is 275 g/mol. The number of rotatable bonds is 5. The highest BCUT2D eigenvalue weighted by atomic mass is 32.2. The first kappa shape index (κ1) is 13.8. The third kappa shape index (κ3) is 3.03. The van der Waals surface area contributed by atoms with Crippen LogP contribution in [0, 0.1) is 5.92 Å². The second kappa shape index (κ2) is 5.57. The van der Waals surface area contributed by atoms with Gasteiger partial charge in [-0.05, 0) is 31.6 Å². The van der Waals surface area contributed by atoms with Gasteiger partial charge in [-0.15, -0.1) is 0 Å². The third-order valence-electron chi connectivity index (χ3n) is 4.12. The maximum Gasteiger partial charge on any atom is 0.304 e. The minimum atomic E-state index is -3.39. The summed E-state index contributed by atoms with van der Waals surface area (Å²) in [5.74, 6) is -0.812. The van der Waals surface area contributed by atoms with E-state index in [0.717, 1.165) is 25.7 Å². The summed E-state index contributed by atoms with van der Waals surface area (Å²) in [7, 11) is -3.39. The summed E-state index contributed by atoms with van der Waals surface area (Å²) in [6.45, 7) is 0.573. The molecule has 0 aromatic carbocycles. The maximum absolute atomic E-state index is 12.2. The fourth-order valence-corrected chi connectivity index (χ4v) is 5.02. The SMILES string of the molecule is O=C(O)CCS(=O)(=O)N1CCCC1C1CCCC1. The van der Waals surface area contributed by atoms with E-state index in [2.05, 4.69) is 0 Å². The van der Waals surface area contributed by atoms with Gasteiger partial charge in [0.25, 0.3) is 0 Å². The molecule has 0 aromatic rings. The van der Waals surface area contributed by atoms with Crippen LogP contribution in [0.25, 0.3) is 0 Å². The first-order chi connectivity index (χ1) is 8.50. The number of carbonyl (C=O) groups is 1. The van der Waals surface area contributed by atoms with Crippen LogP contribution in [-0.4, -0.2) is 42.1 Å². The molecule has 104 valence electrons. The highest BCUT2D eigenvalue weighted by Crippen LogP contribution is 2.36. The minimum absolute atomic E-state index is 0.131. The van der Waals surface area contributed by atoms with Gasteiger partial charge in [-0.25, -0.2) is 8.42 Å². The predicted octanol–water partition coefficient (Wildman–Crippen LogP) is 1.45. The molecule has 5 nitrogen and oxygen atoms in total. The average Bonchev–Trinajstić information content (AvgIpc) is 2.96. The second-order valence-electron chi connectivity index (χ2n) is 5.32. The van der Waals surface area contributed by atoms with Crippen molar-refractivity contribution in [3.63, 3.8) is 0 Å². The highest BCUT2D eigenvalue weighted by Gasteiger charge is 2.39. The molecule has 1 aliphatic heterocycles. The molecule has 0 radical (unpaired) electrons. The first-order valence-electron chi connectivity index (χ1n) is 6.72. The van der Waals surface area contributed by atoms with Crippen molar-refractivity contribution < 1.29 is 18.3 Å². The lowest BCUT2D eigenvalue weighted by molar-refractivity contribution is -0.136. The quantitative estimate of drug-likeness (QED) is 0.824. The summed E-state index contributed by atoms with van der Waals surface area (Å²) in [4.78, 5) is 10.5. The van der Waals surface area contributed by atoms with Gasteiger partial charge in [0.1, 0.15) is 0 Å². The van der Waals surface area contributed by atoms with Gasteiger partial charge in [-0.3, -0.25) is 4.79 Å². The Balaban J connectivity index is 2.03. The summed E-state index contributed by atoms with van der Waals surface area (Å²) in [6.07, 6.45) is 6.19. The van der Waals surface area contributed by atoms with Gasteiger partial charge in [0, 0.05) is 12.6 Å². The van der Waals surface area contributed by atoms with Crippen LogP contribution in [0.2, 0.25) is 0 Å². The zero-order valence-electron chi connectivity index (χ0n) is 10.5. The largest absolute Gasteiger partial charge is 0.481 e. The zero-order chi connectivity index (χ0) is 13.2. The zero-order valence-corrected chi connectivity index (χ0v) is 11.4. The Morgan fingerprint density at radius 3 is 2.44 bits per heavy atom. The number of hydrogen-bond acceptors (Lipinski definition) is 3. The molecular weight excluding hydrogens is 254 g/mol. The van der Waals surface area contributed by atoms with E-state index in [0.29, 0.717) is 12.5 Å². The summed E-state index contributed by atoms with van der Waals surface area (Å²) < 4.78 is 25.9. The third-order valence-corrected chi connectivity index (χ3v) is 6.01. The normalized spacial score (nSPS) is 26.8. The van der Waals surface area contributed by atoms with Gasteiger partial charge in [0.05, 0.1) is 12.2 Å². The topological polar surface area (TPSA) is 74.7 Å². The summed E-state index contributed by atoms with van der Waals surface area (Å²) in [5.41, 5.74) is 0. The Kier molecular flexibility index (Phi) is 4.27. The van der Waals surface area contributed by atoms with E-state index in [1.165, 1.54) is 12.8 Å². The van der Waals surface area contributed by atoms with Gasteiger partial charge in [-0.1, -0.05) is 12.8 Å². The Morgan fingerprint density at radius 2 is 1.83 bits per heavy atom. The van der Waals surface area contributed by atoms with Crippen molar-refractivity contribution in [2.45, 2.75) is 51.0 Å². The fourth-order valence-electron chi connectivity index (χ4n) is 3.26. The second-order valence-corrected chi connectivity index (χ2v) is 7.37. The highest BCUT2D eigenvalue weighted by molar-refractivity contribution is 7.89. The molecule has 1 N–H and O–H groups in total. The molecule has 2 aliphatic rings. The summed E-state index contributed by atoms with van der Waals surface area (Å²) in [5, 5.41) is 8.61. The standard InChI is InChI=1S/C12H21NO4S/c14-12(15)7-9-18(16,17)13-8-3-6-11(13)10-4-1-2-5-10/h10-11H,1-9H2,(H,14,15). The van der Waals surface area contributed by atoms with E-state index >= 15 is 0 Å². The minimum Gasteiger partial charge on any atom is -0.481 e. The van der Waals surface area contributed by atoms with Crippen LogP contribution >= 0.6 is 0 Å². The lowest BCUT2D eigenvalue weighted by atomic mass is 9.97. The van der Waals surface area contributed by atoms with Crippen molar-refractivity contribution >= 4 is 16.0 Å². The molecule has 0 aromatic heterocycles. The van der Waals surface area contributed by atoms with Gasteiger partial charge in [0.15, 0.2) is 0 Å². The van der Waals surface area contributed by atoms with Crippen LogP contribution < -0.4 is 0 Å². The first-order valence-corrected chi connectivity index (χ1v) is 8.33. The Bertz CT molecular complexity index is 400. The van der Waals surface area contributed by atoms with E-state index in [1.54, 1.807) is 4.31 Å². The molecule has 1 aliphatic carbocycles. The van der Waals surface area contributed by atoms with Crippen LogP contribution in [0.3, 0.4) is 0 Å². The number of carboxylic acid groups (broad SMARTS) is 1. The number of sulfonamides is 1. The number of hydrogen-bond donors (Lipinski definition) is 1. The van der Waals surface area contributed by atoms with Crippen LogP contribution in [0.5, 0.6) is 0 Å². The molecule has 0 amide bonds. The number of aliphatic carboxylic acids is 1. The smallest absolute Gasteiger partial charge is 0.304 e. The molecule has 1 heterocycles. The molecule has 1 saturated carbocycles. The predicted molar refractivity (Wildman–Crippen MR) is 67.7 cm³/mol. The molecule has 1 atom stereocenters. The molecule has 18 heavy (non-hydrogen) atoms. The fraction of sp³-hybridized carbons (Fsp3) is 0.917. The van der Waals surface area contributed by atoms with Crippen molar-refractivity contribution in [1.29, 1.82) is 0 Å². The van der Waals surface area contributed by atoms with E-state index in [4.69, 9.17) is 5.11 Å². The molecule has 2 rings (SSSR count). The molecule has 6 heteroatoms. The van der Waals surface area contributed by atoms with E-state index in [-0.39, 0.29) is 18.2 Å². The Labute approximate surface area is 108 Å². The van der Waals surface area contributed by atoms with Crippen molar-refractivity contribution in [1.82, 2.24) is 4.31 Å². The van der Waals surface area contributed by atoms with Crippen LogP contribution in [0.1, 0.15) is 44.9 Å². The number of carboxylic acids is 1. The maximum atomic E-state index is 12.2. The molecule has 0 bridgehead atoms. The van der Waals surface area contributed by atoms with Crippen LogP contribution in [-0.2, 0) is 14.8 Å². The van der Waals surface area contributed by atoms with Crippen LogP contribution in [0.15, 0.2) is 0 Å². The lowest BCUT2D eigenvalue weighted by Gasteiger charge is -2.28. The van der Waals surface area contributed by atoms with Crippen molar-refractivity contribution in [2.24, 2.45) is 5.92 Å². The Hall–Kier alpha value is -0.620. The molecule has 1 unspecified atom stereocenters. The molecule has 0 spiro atoms. The molecule has 1 saturated heterocycles. The van der Waals surface area contributed by atoms with Gasteiger partial charge in [0.2, 0.25) is 10.0 Å². The van der Waals surface area contributed by atoms with Crippen molar-refractivity contribution in [3.8, 4) is 0 Å². The summed E-state index contributed by atoms with van der Waals surface area (Å²) in [6, 6.07) is 0.131. The average molecular weight is 275 g/mol. The van der Waals surface area contributed by atoms with E-state index in [1.807, 2.05) is 0 Å². The van der Waals surface area contributed by atoms with Crippen molar-refractivity contribution in [2.75, 3.05) is 12.3 Å². The number of nitrogens with zero attached hydrogens (tertiary/aromatic N) is 1. The van der Waals surface area contributed by atoms with Gasteiger partial charge in [-0.2, -0.15) is 4.31 Å². The van der Waals surface area contributed by atoms with Crippen molar-refractivity contribution in [3.05, 3.63) is 0 Å². The molecule has 2 fully saturated rings. The Morgan fingerprint density at radius 1 is 1.17 bits per heavy atom. The molecular formula is C12H21NO4S. The summed E-state index contributed by atoms with van der Waals surface area (Å²) >= 11 is 0. The lowest BCUT2D eigenvalue weighted by Crippen LogP contribution is -2.40. The van der Waals surface area contributed by atoms with Crippen LogP contribution in [0.4, 0.5) is 0 Å². The van der Waals surface area contributed by atoms with Gasteiger partial charge >= 0.3 is 5.97 Å². The van der Waals surface area contributed by atoms with Gasteiger partial charge < -0.3 is 5.11 Å². The van der Waals surface area contributed by atoms with E-state index < -0.39 is 16.0 Å². The van der Waals surface area contributed by atoms with E-state index in [9.17, 15) is 13.2 Å².